The maximum absolute atomic E-state index is 14.0. The van der Waals surface area contributed by atoms with Crippen LogP contribution in [0.3, 0.4) is 0 Å². The predicted octanol–water partition coefficient (Wildman–Crippen LogP) is 4.70. The van der Waals surface area contributed by atoms with Gasteiger partial charge in [-0.15, -0.1) is 0 Å². The Bertz CT molecular complexity index is 1030. The van der Waals surface area contributed by atoms with Gasteiger partial charge in [0.1, 0.15) is 6.04 Å². The first kappa shape index (κ1) is 25.4. The van der Waals surface area contributed by atoms with Crippen molar-refractivity contribution in [2.45, 2.75) is 83.8 Å². The zero-order valence-corrected chi connectivity index (χ0v) is 21.6. The Labute approximate surface area is 209 Å². The van der Waals surface area contributed by atoms with Crippen molar-refractivity contribution in [3.05, 3.63) is 53.3 Å². The van der Waals surface area contributed by atoms with Crippen molar-refractivity contribution >= 4 is 11.8 Å². The van der Waals surface area contributed by atoms with Crippen LogP contribution < -0.4 is 10.6 Å². The standard InChI is InChI=1S/C29H40N4O2/c1-19-13-20(2)15-23(14-19)24-16-25(18-31-17-24)26-11-8-12-33(26)29(35)27(22-9-6-5-7-10-22)32-28(34)21(3)30-4/h13-18,21-22,26-27,30H,5-12H2,1-4H3,(H,32,34)/t21-,26-,27-/m0/s1. The van der Waals surface area contributed by atoms with Crippen LogP contribution in [-0.2, 0) is 9.59 Å². The lowest BCUT2D eigenvalue weighted by atomic mass is 9.83. The molecule has 0 radical (unpaired) electrons. The van der Waals surface area contributed by atoms with Gasteiger partial charge < -0.3 is 15.5 Å². The Hall–Kier alpha value is -2.73. The number of likely N-dealkylation sites (N-methyl/N-ethyl adjacent to an activating group) is 1. The smallest absolute Gasteiger partial charge is 0.245 e. The summed E-state index contributed by atoms with van der Waals surface area (Å²) in [6.07, 6.45) is 11.1. The number of rotatable bonds is 7. The monoisotopic (exact) mass is 476 g/mol. The number of likely N-dealkylation sites (tertiary alicyclic amines) is 1. The Morgan fingerprint density at radius 2 is 1.66 bits per heavy atom. The highest BCUT2D eigenvalue weighted by Crippen LogP contribution is 2.36. The third-order valence-electron chi connectivity index (χ3n) is 7.75. The predicted molar refractivity (Wildman–Crippen MR) is 140 cm³/mol. The zero-order chi connectivity index (χ0) is 24.9. The molecule has 1 aromatic heterocycles. The Morgan fingerprint density at radius 3 is 2.34 bits per heavy atom. The molecule has 0 bridgehead atoms. The van der Waals surface area contributed by atoms with Gasteiger partial charge in [0.25, 0.3) is 0 Å². The van der Waals surface area contributed by atoms with Crippen LogP contribution >= 0.6 is 0 Å². The molecule has 2 fully saturated rings. The number of amides is 2. The Kier molecular flexibility index (Phi) is 8.22. The second-order valence-corrected chi connectivity index (χ2v) is 10.5. The molecule has 2 N–H and O–H groups in total. The number of pyridine rings is 1. The highest BCUT2D eigenvalue weighted by Gasteiger charge is 2.39. The highest BCUT2D eigenvalue weighted by atomic mass is 16.2. The van der Waals surface area contributed by atoms with Gasteiger partial charge in [-0.2, -0.15) is 0 Å². The fraction of sp³-hybridized carbons (Fsp3) is 0.552. The number of nitrogens with zero attached hydrogens (tertiary/aromatic N) is 2. The molecule has 2 aliphatic rings. The first-order chi connectivity index (χ1) is 16.9. The number of hydrogen-bond donors (Lipinski definition) is 2. The lowest BCUT2D eigenvalue weighted by Gasteiger charge is -2.35. The van der Waals surface area contributed by atoms with Crippen molar-refractivity contribution in [3.8, 4) is 11.1 Å². The molecule has 35 heavy (non-hydrogen) atoms. The van der Waals surface area contributed by atoms with Crippen LogP contribution in [0.2, 0.25) is 0 Å². The molecule has 2 amide bonds. The van der Waals surface area contributed by atoms with Crippen molar-refractivity contribution < 1.29 is 9.59 Å². The summed E-state index contributed by atoms with van der Waals surface area (Å²) in [5.74, 6) is 0.156. The molecule has 6 heteroatoms. The van der Waals surface area contributed by atoms with Gasteiger partial charge in [0.15, 0.2) is 0 Å². The third-order valence-corrected chi connectivity index (χ3v) is 7.75. The van der Waals surface area contributed by atoms with E-state index < -0.39 is 6.04 Å². The molecule has 6 nitrogen and oxygen atoms in total. The van der Waals surface area contributed by atoms with Crippen molar-refractivity contribution in [2.75, 3.05) is 13.6 Å². The summed E-state index contributed by atoms with van der Waals surface area (Å²) in [6, 6.07) is 7.93. The molecule has 1 saturated heterocycles. The summed E-state index contributed by atoms with van der Waals surface area (Å²) >= 11 is 0. The summed E-state index contributed by atoms with van der Waals surface area (Å²) in [5.41, 5.74) is 5.76. The summed E-state index contributed by atoms with van der Waals surface area (Å²) in [4.78, 5) is 33.4. The summed E-state index contributed by atoms with van der Waals surface area (Å²) in [6.45, 7) is 6.78. The van der Waals surface area contributed by atoms with E-state index in [4.69, 9.17) is 0 Å². The van der Waals surface area contributed by atoms with Crippen LogP contribution in [0.5, 0.6) is 0 Å². The van der Waals surface area contributed by atoms with Gasteiger partial charge in [-0.25, -0.2) is 0 Å². The van der Waals surface area contributed by atoms with E-state index in [1.54, 1.807) is 7.05 Å². The minimum absolute atomic E-state index is 0.00873. The van der Waals surface area contributed by atoms with Crippen LogP contribution in [0, 0.1) is 19.8 Å². The van der Waals surface area contributed by atoms with Crippen LogP contribution in [-0.4, -0.2) is 47.4 Å². The molecular formula is C29H40N4O2. The topological polar surface area (TPSA) is 74.3 Å². The molecule has 1 aromatic carbocycles. The lowest BCUT2D eigenvalue weighted by Crippen LogP contribution is -2.55. The van der Waals surface area contributed by atoms with Crippen LogP contribution in [0.25, 0.3) is 11.1 Å². The first-order valence-corrected chi connectivity index (χ1v) is 13.2. The van der Waals surface area contributed by atoms with E-state index in [0.29, 0.717) is 0 Å². The number of benzene rings is 1. The van der Waals surface area contributed by atoms with Crippen molar-refractivity contribution in [2.24, 2.45) is 5.92 Å². The molecule has 1 aliphatic heterocycles. The highest BCUT2D eigenvalue weighted by molar-refractivity contribution is 5.90. The summed E-state index contributed by atoms with van der Waals surface area (Å²) < 4.78 is 0. The lowest BCUT2D eigenvalue weighted by molar-refractivity contribution is -0.139. The summed E-state index contributed by atoms with van der Waals surface area (Å²) in [5, 5.41) is 6.13. The molecular weight excluding hydrogens is 436 g/mol. The van der Waals surface area contributed by atoms with Gasteiger partial charge in [0, 0.05) is 24.5 Å². The maximum Gasteiger partial charge on any atom is 0.245 e. The Morgan fingerprint density at radius 1 is 0.943 bits per heavy atom. The van der Waals surface area contributed by atoms with Gasteiger partial charge in [0.05, 0.1) is 12.1 Å². The van der Waals surface area contributed by atoms with Crippen molar-refractivity contribution in [1.29, 1.82) is 0 Å². The van der Waals surface area contributed by atoms with Crippen LogP contribution in [0.15, 0.2) is 36.7 Å². The van der Waals surface area contributed by atoms with Gasteiger partial charge >= 0.3 is 0 Å². The average Bonchev–Trinajstić information content (AvgIpc) is 3.36. The van der Waals surface area contributed by atoms with Crippen LogP contribution in [0.1, 0.15) is 74.6 Å². The Balaban J connectivity index is 1.59. The second kappa shape index (κ2) is 11.3. The van der Waals surface area contributed by atoms with Gasteiger partial charge in [0.2, 0.25) is 11.8 Å². The second-order valence-electron chi connectivity index (χ2n) is 10.5. The molecule has 1 saturated carbocycles. The fourth-order valence-electron chi connectivity index (χ4n) is 5.75. The largest absolute Gasteiger partial charge is 0.343 e. The fourth-order valence-corrected chi connectivity index (χ4v) is 5.75. The summed E-state index contributed by atoms with van der Waals surface area (Å²) in [7, 11) is 1.77. The molecule has 4 rings (SSSR count). The van der Waals surface area contributed by atoms with E-state index in [2.05, 4.69) is 53.7 Å². The van der Waals surface area contributed by atoms with Crippen molar-refractivity contribution in [1.82, 2.24) is 20.5 Å². The van der Waals surface area contributed by atoms with E-state index in [1.165, 1.54) is 17.5 Å². The first-order valence-electron chi connectivity index (χ1n) is 13.2. The van der Waals surface area contributed by atoms with Crippen molar-refractivity contribution in [3.63, 3.8) is 0 Å². The molecule has 0 unspecified atom stereocenters. The van der Waals surface area contributed by atoms with Gasteiger partial charge in [-0.3, -0.25) is 14.6 Å². The third kappa shape index (κ3) is 5.92. The zero-order valence-electron chi connectivity index (χ0n) is 21.6. The number of hydrogen-bond acceptors (Lipinski definition) is 4. The SMILES string of the molecule is CN[C@@H](C)C(=O)N[C@H](C(=O)N1CCC[C@H]1c1cncc(-c2cc(C)cc(C)c2)c1)C1CCCCC1. The minimum atomic E-state index is -0.463. The van der Waals surface area contributed by atoms with E-state index in [1.807, 2.05) is 24.2 Å². The van der Waals surface area contributed by atoms with Crippen LogP contribution in [0.4, 0.5) is 0 Å². The molecule has 3 atom stereocenters. The molecule has 2 aromatic rings. The number of nitrogens with one attached hydrogen (secondary N) is 2. The van der Waals surface area contributed by atoms with E-state index in [-0.39, 0.29) is 29.8 Å². The average molecular weight is 477 g/mol. The normalized spacial score (nSPS) is 20.5. The molecule has 2 heterocycles. The molecule has 0 spiro atoms. The van der Waals surface area contributed by atoms with E-state index in [0.717, 1.165) is 61.8 Å². The van der Waals surface area contributed by atoms with E-state index >= 15 is 0 Å². The van der Waals surface area contributed by atoms with Gasteiger partial charge in [-0.1, -0.05) is 48.6 Å². The molecule has 1 aliphatic carbocycles. The number of carbonyl (C=O) groups excluding carboxylic acids is 2. The maximum atomic E-state index is 14.0. The van der Waals surface area contributed by atoms with E-state index in [9.17, 15) is 9.59 Å². The number of aromatic nitrogens is 1. The number of aryl methyl sites for hydroxylation is 2. The quantitative estimate of drug-likeness (QED) is 0.607. The molecule has 188 valence electrons. The van der Waals surface area contributed by atoms with Gasteiger partial charge in [-0.05, 0) is 76.6 Å². The minimum Gasteiger partial charge on any atom is -0.343 e. The number of carbonyl (C=O) groups is 2.